The first kappa shape index (κ1) is 10.7. The highest BCUT2D eigenvalue weighted by Crippen LogP contribution is 2.26. The van der Waals surface area contributed by atoms with Crippen molar-refractivity contribution in [1.29, 1.82) is 0 Å². The van der Waals surface area contributed by atoms with Crippen LogP contribution in [0.4, 0.5) is 0 Å². The standard InChI is InChI=1S/C11H14N2O3/c14-10(7-2-1-3-7)12-6-8-4-5-9(13-8)11(15)16/h4-5,7,13H,1-3,6H2,(H,12,14)(H,15,16). The van der Waals surface area contributed by atoms with Gasteiger partial charge in [0, 0.05) is 11.6 Å². The van der Waals surface area contributed by atoms with Gasteiger partial charge in [-0.1, -0.05) is 6.42 Å². The summed E-state index contributed by atoms with van der Waals surface area (Å²) in [6.45, 7) is 0.364. The molecule has 1 amide bonds. The average molecular weight is 222 g/mol. The molecule has 1 saturated carbocycles. The van der Waals surface area contributed by atoms with Crippen molar-refractivity contribution in [3.05, 3.63) is 23.5 Å². The number of carbonyl (C=O) groups excluding carboxylic acids is 1. The van der Waals surface area contributed by atoms with Gasteiger partial charge in [-0.15, -0.1) is 0 Å². The Kier molecular flexibility index (Phi) is 2.94. The van der Waals surface area contributed by atoms with Crippen molar-refractivity contribution in [2.24, 2.45) is 5.92 Å². The Morgan fingerprint density at radius 3 is 2.69 bits per heavy atom. The topological polar surface area (TPSA) is 82.2 Å². The maximum Gasteiger partial charge on any atom is 0.352 e. The minimum Gasteiger partial charge on any atom is -0.477 e. The summed E-state index contributed by atoms with van der Waals surface area (Å²) in [5, 5.41) is 11.5. The molecule has 1 fully saturated rings. The normalized spacial score (nSPS) is 15.5. The van der Waals surface area contributed by atoms with E-state index < -0.39 is 5.97 Å². The van der Waals surface area contributed by atoms with Crippen LogP contribution >= 0.6 is 0 Å². The molecule has 1 heterocycles. The number of carboxylic acid groups (broad SMARTS) is 1. The van der Waals surface area contributed by atoms with Gasteiger partial charge in [-0.25, -0.2) is 4.79 Å². The Balaban J connectivity index is 1.84. The van der Waals surface area contributed by atoms with Gasteiger partial charge in [0.2, 0.25) is 5.91 Å². The van der Waals surface area contributed by atoms with Crippen molar-refractivity contribution in [2.45, 2.75) is 25.8 Å². The first-order valence-electron chi connectivity index (χ1n) is 5.35. The van der Waals surface area contributed by atoms with E-state index in [1.54, 1.807) is 6.07 Å². The quantitative estimate of drug-likeness (QED) is 0.714. The molecule has 0 bridgehead atoms. The SMILES string of the molecule is O=C(O)c1ccc(CNC(=O)C2CCC2)[nH]1. The minimum atomic E-state index is -0.989. The lowest BCUT2D eigenvalue weighted by atomic mass is 9.85. The van der Waals surface area contributed by atoms with E-state index in [-0.39, 0.29) is 17.5 Å². The Morgan fingerprint density at radius 2 is 2.19 bits per heavy atom. The van der Waals surface area contributed by atoms with Crippen LogP contribution in [0.5, 0.6) is 0 Å². The monoisotopic (exact) mass is 222 g/mol. The largest absolute Gasteiger partial charge is 0.477 e. The lowest BCUT2D eigenvalue weighted by Gasteiger charge is -2.23. The Labute approximate surface area is 92.9 Å². The smallest absolute Gasteiger partial charge is 0.352 e. The lowest BCUT2D eigenvalue weighted by Crippen LogP contribution is -2.34. The molecule has 0 unspecified atom stereocenters. The van der Waals surface area contributed by atoms with Crippen LogP contribution in [0.1, 0.15) is 35.4 Å². The minimum absolute atomic E-state index is 0.0673. The molecule has 5 heteroatoms. The predicted molar refractivity (Wildman–Crippen MR) is 56.9 cm³/mol. The van der Waals surface area contributed by atoms with E-state index in [0.717, 1.165) is 19.3 Å². The summed E-state index contributed by atoms with van der Waals surface area (Å²) in [6.07, 6.45) is 3.07. The first-order chi connectivity index (χ1) is 7.66. The van der Waals surface area contributed by atoms with Crippen LogP contribution in [0.25, 0.3) is 0 Å². The van der Waals surface area contributed by atoms with Crippen molar-refractivity contribution in [3.63, 3.8) is 0 Å². The number of rotatable bonds is 4. The zero-order chi connectivity index (χ0) is 11.5. The number of carbonyl (C=O) groups is 2. The van der Waals surface area contributed by atoms with E-state index in [1.807, 2.05) is 0 Å². The first-order valence-corrected chi connectivity index (χ1v) is 5.35. The maximum absolute atomic E-state index is 11.5. The van der Waals surface area contributed by atoms with Gasteiger partial charge in [0.1, 0.15) is 5.69 Å². The summed E-state index contributed by atoms with van der Waals surface area (Å²) in [5.41, 5.74) is 0.859. The van der Waals surface area contributed by atoms with Crippen molar-refractivity contribution >= 4 is 11.9 Å². The summed E-state index contributed by atoms with van der Waals surface area (Å²) in [7, 11) is 0. The molecule has 1 aromatic heterocycles. The number of aromatic carboxylic acids is 1. The molecule has 5 nitrogen and oxygen atoms in total. The van der Waals surface area contributed by atoms with Crippen LogP contribution in [0.15, 0.2) is 12.1 Å². The van der Waals surface area contributed by atoms with E-state index in [0.29, 0.717) is 12.2 Å². The van der Waals surface area contributed by atoms with E-state index in [4.69, 9.17) is 5.11 Å². The fourth-order valence-corrected chi connectivity index (χ4v) is 1.67. The third-order valence-corrected chi connectivity index (χ3v) is 2.91. The number of carboxylic acids is 1. The number of hydrogen-bond donors (Lipinski definition) is 3. The Hall–Kier alpha value is -1.78. The Morgan fingerprint density at radius 1 is 1.44 bits per heavy atom. The number of aromatic amines is 1. The van der Waals surface area contributed by atoms with Crippen LogP contribution < -0.4 is 5.32 Å². The second kappa shape index (κ2) is 4.38. The maximum atomic E-state index is 11.5. The van der Waals surface area contributed by atoms with E-state index >= 15 is 0 Å². The van der Waals surface area contributed by atoms with Gasteiger partial charge < -0.3 is 15.4 Å². The van der Waals surface area contributed by atoms with Gasteiger partial charge in [-0.3, -0.25) is 4.79 Å². The summed E-state index contributed by atoms with van der Waals surface area (Å²) in [5.74, 6) is -0.761. The third kappa shape index (κ3) is 2.24. The van der Waals surface area contributed by atoms with Gasteiger partial charge >= 0.3 is 5.97 Å². The molecule has 0 aromatic carbocycles. The summed E-state index contributed by atoms with van der Waals surface area (Å²) in [4.78, 5) is 24.8. The van der Waals surface area contributed by atoms with Crippen LogP contribution in [-0.4, -0.2) is 22.0 Å². The number of hydrogen-bond acceptors (Lipinski definition) is 2. The van der Waals surface area contributed by atoms with Gasteiger partial charge in [0.15, 0.2) is 0 Å². The van der Waals surface area contributed by atoms with E-state index in [9.17, 15) is 9.59 Å². The molecule has 0 spiro atoms. The highest BCUT2D eigenvalue weighted by atomic mass is 16.4. The molecule has 0 saturated heterocycles. The predicted octanol–water partition coefficient (Wildman–Crippen LogP) is 1.13. The fourth-order valence-electron chi connectivity index (χ4n) is 1.67. The van der Waals surface area contributed by atoms with Crippen molar-refractivity contribution < 1.29 is 14.7 Å². The van der Waals surface area contributed by atoms with Crippen LogP contribution in [-0.2, 0) is 11.3 Å². The van der Waals surface area contributed by atoms with Gasteiger partial charge in [0.25, 0.3) is 0 Å². The highest BCUT2D eigenvalue weighted by molar-refractivity contribution is 5.85. The third-order valence-electron chi connectivity index (χ3n) is 2.91. The molecule has 2 rings (SSSR count). The Bertz CT molecular complexity index is 407. The van der Waals surface area contributed by atoms with Crippen LogP contribution in [0.3, 0.4) is 0 Å². The molecule has 0 atom stereocenters. The lowest BCUT2D eigenvalue weighted by molar-refractivity contribution is -0.127. The average Bonchev–Trinajstić information content (AvgIpc) is 2.60. The number of H-pyrrole nitrogens is 1. The summed E-state index contributed by atoms with van der Waals surface area (Å²) < 4.78 is 0. The number of amides is 1. The van der Waals surface area contributed by atoms with Crippen LogP contribution in [0, 0.1) is 5.92 Å². The molecule has 16 heavy (non-hydrogen) atoms. The molecular weight excluding hydrogens is 208 g/mol. The number of nitrogens with one attached hydrogen (secondary N) is 2. The van der Waals surface area contributed by atoms with Crippen molar-refractivity contribution in [1.82, 2.24) is 10.3 Å². The molecule has 86 valence electrons. The molecule has 1 aromatic rings. The molecule has 1 aliphatic carbocycles. The molecule has 1 aliphatic rings. The highest BCUT2D eigenvalue weighted by Gasteiger charge is 2.24. The van der Waals surface area contributed by atoms with E-state index in [2.05, 4.69) is 10.3 Å². The number of aromatic nitrogens is 1. The zero-order valence-electron chi connectivity index (χ0n) is 8.82. The zero-order valence-corrected chi connectivity index (χ0v) is 8.82. The van der Waals surface area contributed by atoms with Gasteiger partial charge in [-0.2, -0.15) is 0 Å². The van der Waals surface area contributed by atoms with Crippen molar-refractivity contribution in [3.8, 4) is 0 Å². The second-order valence-corrected chi connectivity index (χ2v) is 4.05. The summed E-state index contributed by atoms with van der Waals surface area (Å²) in [6, 6.07) is 3.16. The fraction of sp³-hybridized carbons (Fsp3) is 0.455. The molecule has 0 aliphatic heterocycles. The molecular formula is C11H14N2O3. The summed E-state index contributed by atoms with van der Waals surface area (Å²) >= 11 is 0. The second-order valence-electron chi connectivity index (χ2n) is 4.05. The van der Waals surface area contributed by atoms with Gasteiger partial charge in [0.05, 0.1) is 6.54 Å². The van der Waals surface area contributed by atoms with Crippen molar-refractivity contribution in [2.75, 3.05) is 0 Å². The molecule has 3 N–H and O–H groups in total. The molecule has 0 radical (unpaired) electrons. The van der Waals surface area contributed by atoms with Crippen LogP contribution in [0.2, 0.25) is 0 Å². The van der Waals surface area contributed by atoms with Gasteiger partial charge in [-0.05, 0) is 25.0 Å². The van der Waals surface area contributed by atoms with E-state index in [1.165, 1.54) is 6.07 Å².